The van der Waals surface area contributed by atoms with E-state index in [0.717, 1.165) is 5.56 Å². The predicted octanol–water partition coefficient (Wildman–Crippen LogP) is 1.49. The molecule has 0 bridgehead atoms. The standard InChI is InChI=1S/C14H11N3O2/c1-8-3-4-16-7-12(8)13(18)11-5-10(6-15)14(19)17-9(11)2/h3-5,7H,1-2H3,(H,17,19). The van der Waals surface area contributed by atoms with Crippen molar-refractivity contribution in [3.05, 3.63) is 62.8 Å². The molecule has 0 atom stereocenters. The monoisotopic (exact) mass is 253 g/mol. The molecule has 0 saturated carbocycles. The Morgan fingerprint density at radius 2 is 2.11 bits per heavy atom. The predicted molar refractivity (Wildman–Crippen MR) is 68.9 cm³/mol. The number of rotatable bonds is 2. The molecule has 0 fully saturated rings. The minimum Gasteiger partial charge on any atom is -0.325 e. The average molecular weight is 253 g/mol. The molecule has 0 unspecified atom stereocenters. The third-order valence-electron chi connectivity index (χ3n) is 2.89. The van der Waals surface area contributed by atoms with Gasteiger partial charge in [-0.3, -0.25) is 14.6 Å². The fourth-order valence-corrected chi connectivity index (χ4v) is 1.79. The number of nitrogens with zero attached hydrogens (tertiary/aromatic N) is 2. The highest BCUT2D eigenvalue weighted by Crippen LogP contribution is 2.14. The summed E-state index contributed by atoms with van der Waals surface area (Å²) in [5.41, 5.74) is 1.45. The molecule has 0 aromatic carbocycles. The van der Waals surface area contributed by atoms with Crippen LogP contribution in [0, 0.1) is 25.2 Å². The van der Waals surface area contributed by atoms with Crippen molar-refractivity contribution in [2.75, 3.05) is 0 Å². The van der Waals surface area contributed by atoms with Gasteiger partial charge in [-0.05, 0) is 31.5 Å². The first-order valence-corrected chi connectivity index (χ1v) is 5.64. The van der Waals surface area contributed by atoms with E-state index in [9.17, 15) is 9.59 Å². The number of ketones is 1. The molecule has 0 spiro atoms. The molecule has 0 radical (unpaired) electrons. The molecule has 0 amide bonds. The summed E-state index contributed by atoms with van der Waals surface area (Å²) in [6, 6.07) is 4.83. The smallest absolute Gasteiger partial charge is 0.266 e. The Labute approximate surface area is 109 Å². The summed E-state index contributed by atoms with van der Waals surface area (Å²) < 4.78 is 0. The quantitative estimate of drug-likeness (QED) is 0.821. The van der Waals surface area contributed by atoms with Crippen LogP contribution in [0.5, 0.6) is 0 Å². The van der Waals surface area contributed by atoms with Gasteiger partial charge >= 0.3 is 0 Å². The van der Waals surface area contributed by atoms with Crippen LogP contribution >= 0.6 is 0 Å². The first-order chi connectivity index (χ1) is 9.04. The van der Waals surface area contributed by atoms with Crippen molar-refractivity contribution in [2.24, 2.45) is 0 Å². The Morgan fingerprint density at radius 1 is 1.37 bits per heavy atom. The van der Waals surface area contributed by atoms with Crippen molar-refractivity contribution >= 4 is 5.78 Å². The van der Waals surface area contributed by atoms with Crippen LogP contribution in [0.25, 0.3) is 0 Å². The van der Waals surface area contributed by atoms with E-state index < -0.39 is 5.56 Å². The molecule has 0 aliphatic heterocycles. The van der Waals surface area contributed by atoms with Crippen LogP contribution in [0.3, 0.4) is 0 Å². The zero-order valence-electron chi connectivity index (χ0n) is 10.5. The van der Waals surface area contributed by atoms with Crippen LogP contribution < -0.4 is 5.56 Å². The first kappa shape index (κ1) is 12.7. The fraction of sp³-hybridized carbons (Fsp3) is 0.143. The number of carbonyl (C=O) groups excluding carboxylic acids is 1. The van der Waals surface area contributed by atoms with Crippen LogP contribution in [0.4, 0.5) is 0 Å². The lowest BCUT2D eigenvalue weighted by molar-refractivity contribution is 0.103. The summed E-state index contributed by atoms with van der Waals surface area (Å²) in [4.78, 5) is 30.3. The van der Waals surface area contributed by atoms with Crippen LogP contribution in [0.15, 0.2) is 29.3 Å². The highest BCUT2D eigenvalue weighted by Gasteiger charge is 2.16. The summed E-state index contributed by atoms with van der Waals surface area (Å²) >= 11 is 0. The van der Waals surface area contributed by atoms with E-state index in [0.29, 0.717) is 16.8 Å². The molecule has 5 heteroatoms. The normalized spacial score (nSPS) is 9.95. The molecule has 2 aromatic heterocycles. The summed E-state index contributed by atoms with van der Waals surface area (Å²) in [5.74, 6) is -0.254. The topological polar surface area (TPSA) is 86.6 Å². The second kappa shape index (κ2) is 4.86. The van der Waals surface area contributed by atoms with E-state index in [1.54, 1.807) is 32.2 Å². The fourth-order valence-electron chi connectivity index (χ4n) is 1.79. The zero-order chi connectivity index (χ0) is 14.0. The number of aryl methyl sites for hydroxylation is 2. The van der Waals surface area contributed by atoms with Gasteiger partial charge in [0.1, 0.15) is 11.6 Å². The molecule has 2 rings (SSSR count). The van der Waals surface area contributed by atoms with E-state index in [4.69, 9.17) is 5.26 Å². The van der Waals surface area contributed by atoms with Gasteiger partial charge in [0.2, 0.25) is 0 Å². The van der Waals surface area contributed by atoms with Crippen molar-refractivity contribution in [2.45, 2.75) is 13.8 Å². The lowest BCUT2D eigenvalue weighted by Crippen LogP contribution is -2.16. The number of pyridine rings is 2. The van der Waals surface area contributed by atoms with Gasteiger partial charge in [-0.25, -0.2) is 0 Å². The molecular weight excluding hydrogens is 242 g/mol. The maximum Gasteiger partial charge on any atom is 0.266 e. The lowest BCUT2D eigenvalue weighted by Gasteiger charge is -2.07. The van der Waals surface area contributed by atoms with Gasteiger partial charge in [-0.2, -0.15) is 5.26 Å². The molecule has 2 aromatic rings. The Kier molecular flexibility index (Phi) is 3.25. The largest absolute Gasteiger partial charge is 0.325 e. The molecule has 0 saturated heterocycles. The number of nitrogens with one attached hydrogen (secondary N) is 1. The highest BCUT2D eigenvalue weighted by atomic mass is 16.1. The molecule has 19 heavy (non-hydrogen) atoms. The molecule has 5 nitrogen and oxygen atoms in total. The van der Waals surface area contributed by atoms with Gasteiger partial charge in [-0.1, -0.05) is 0 Å². The van der Waals surface area contributed by atoms with Gasteiger partial charge in [0.15, 0.2) is 5.78 Å². The SMILES string of the molecule is Cc1ccncc1C(=O)c1cc(C#N)c(=O)[nH]c1C. The van der Waals surface area contributed by atoms with E-state index in [1.165, 1.54) is 12.3 Å². The summed E-state index contributed by atoms with van der Waals surface area (Å²) in [6.45, 7) is 3.43. The minimum atomic E-state index is -0.487. The van der Waals surface area contributed by atoms with Gasteiger partial charge in [0, 0.05) is 29.2 Å². The first-order valence-electron chi connectivity index (χ1n) is 5.64. The molecular formula is C14H11N3O2. The maximum atomic E-state index is 12.4. The van der Waals surface area contributed by atoms with E-state index in [2.05, 4.69) is 9.97 Å². The highest BCUT2D eigenvalue weighted by molar-refractivity contribution is 6.10. The number of H-pyrrole nitrogens is 1. The Morgan fingerprint density at radius 3 is 2.74 bits per heavy atom. The van der Waals surface area contributed by atoms with Crippen molar-refractivity contribution < 1.29 is 4.79 Å². The number of aromatic amines is 1. The Bertz CT molecular complexity index is 754. The second-order valence-corrected chi connectivity index (χ2v) is 4.18. The number of aromatic nitrogens is 2. The lowest BCUT2D eigenvalue weighted by atomic mass is 9.99. The zero-order valence-corrected chi connectivity index (χ0v) is 10.5. The number of carbonyl (C=O) groups is 1. The third kappa shape index (κ3) is 2.29. The Balaban J connectivity index is 2.61. The minimum absolute atomic E-state index is 0.0736. The number of hydrogen-bond donors (Lipinski definition) is 1. The van der Waals surface area contributed by atoms with Gasteiger partial charge in [-0.15, -0.1) is 0 Å². The second-order valence-electron chi connectivity index (χ2n) is 4.18. The number of hydrogen-bond acceptors (Lipinski definition) is 4. The summed E-state index contributed by atoms with van der Waals surface area (Å²) in [6.07, 6.45) is 3.08. The van der Waals surface area contributed by atoms with Crippen LogP contribution in [-0.4, -0.2) is 15.8 Å². The third-order valence-corrected chi connectivity index (χ3v) is 2.89. The van der Waals surface area contributed by atoms with Crippen molar-refractivity contribution in [1.82, 2.24) is 9.97 Å². The molecule has 2 heterocycles. The van der Waals surface area contributed by atoms with Gasteiger partial charge in [0.05, 0.1) is 0 Å². The molecule has 1 N–H and O–H groups in total. The van der Waals surface area contributed by atoms with Gasteiger partial charge in [0.25, 0.3) is 5.56 Å². The van der Waals surface area contributed by atoms with Crippen molar-refractivity contribution in [3.8, 4) is 6.07 Å². The van der Waals surface area contributed by atoms with Crippen LogP contribution in [-0.2, 0) is 0 Å². The van der Waals surface area contributed by atoms with Crippen molar-refractivity contribution in [1.29, 1.82) is 5.26 Å². The maximum absolute atomic E-state index is 12.4. The van der Waals surface area contributed by atoms with E-state index in [1.807, 2.05) is 0 Å². The van der Waals surface area contributed by atoms with Gasteiger partial charge < -0.3 is 4.98 Å². The summed E-state index contributed by atoms with van der Waals surface area (Å²) in [5, 5.41) is 8.85. The molecule has 0 aliphatic carbocycles. The Hall–Kier alpha value is -2.74. The summed E-state index contributed by atoms with van der Waals surface area (Å²) in [7, 11) is 0. The van der Waals surface area contributed by atoms with E-state index in [-0.39, 0.29) is 11.3 Å². The average Bonchev–Trinajstić information content (AvgIpc) is 2.39. The van der Waals surface area contributed by atoms with E-state index >= 15 is 0 Å². The van der Waals surface area contributed by atoms with Crippen molar-refractivity contribution in [3.63, 3.8) is 0 Å². The van der Waals surface area contributed by atoms with Crippen LogP contribution in [0.1, 0.15) is 32.7 Å². The number of nitriles is 1. The molecule has 0 aliphatic rings. The molecule has 94 valence electrons. The van der Waals surface area contributed by atoms with Crippen LogP contribution in [0.2, 0.25) is 0 Å².